The van der Waals surface area contributed by atoms with Gasteiger partial charge in [0.05, 0.1) is 13.0 Å². The van der Waals surface area contributed by atoms with Crippen LogP contribution in [0, 0.1) is 12.8 Å². The second-order valence-corrected chi connectivity index (χ2v) is 5.48. The van der Waals surface area contributed by atoms with Crippen molar-refractivity contribution in [2.75, 3.05) is 20.2 Å². The first-order valence-corrected chi connectivity index (χ1v) is 7.04. The fraction of sp³-hybridized carbons (Fsp3) is 0.467. The number of nitrogens with zero attached hydrogens (tertiary/aromatic N) is 1. The summed E-state index contributed by atoms with van der Waals surface area (Å²) in [6.07, 6.45) is 1.59. The van der Waals surface area contributed by atoms with Crippen molar-refractivity contribution >= 4 is 23.5 Å². The third-order valence-corrected chi connectivity index (χ3v) is 4.07. The molecule has 1 aromatic rings. The molecular formula is C15H18ClNO3. The minimum Gasteiger partial charge on any atom is -0.469 e. The second-order valence-electron chi connectivity index (χ2n) is 5.08. The average Bonchev–Trinajstić information content (AvgIpc) is 2.48. The van der Waals surface area contributed by atoms with Crippen molar-refractivity contribution in [3.8, 4) is 0 Å². The van der Waals surface area contributed by atoms with E-state index in [9.17, 15) is 9.59 Å². The molecule has 1 heterocycles. The first-order chi connectivity index (χ1) is 9.52. The van der Waals surface area contributed by atoms with Gasteiger partial charge in [-0.3, -0.25) is 9.59 Å². The van der Waals surface area contributed by atoms with Gasteiger partial charge in [0.15, 0.2) is 0 Å². The molecule has 108 valence electrons. The van der Waals surface area contributed by atoms with Crippen molar-refractivity contribution in [1.29, 1.82) is 0 Å². The first-order valence-electron chi connectivity index (χ1n) is 6.66. The number of hydrogen-bond acceptors (Lipinski definition) is 3. The van der Waals surface area contributed by atoms with Crippen LogP contribution in [-0.4, -0.2) is 37.0 Å². The van der Waals surface area contributed by atoms with E-state index in [0.29, 0.717) is 23.7 Å². The zero-order valence-electron chi connectivity index (χ0n) is 11.7. The summed E-state index contributed by atoms with van der Waals surface area (Å²) in [6, 6.07) is 5.23. The predicted octanol–water partition coefficient (Wildman–Crippen LogP) is 2.67. The molecule has 1 aromatic carbocycles. The van der Waals surface area contributed by atoms with Gasteiger partial charge >= 0.3 is 5.97 Å². The maximum atomic E-state index is 12.5. The van der Waals surface area contributed by atoms with Crippen molar-refractivity contribution in [1.82, 2.24) is 4.90 Å². The van der Waals surface area contributed by atoms with Crippen LogP contribution in [-0.2, 0) is 9.53 Å². The summed E-state index contributed by atoms with van der Waals surface area (Å²) in [4.78, 5) is 25.8. The van der Waals surface area contributed by atoms with Gasteiger partial charge < -0.3 is 9.64 Å². The van der Waals surface area contributed by atoms with Crippen molar-refractivity contribution in [2.24, 2.45) is 5.92 Å². The molecule has 5 heteroatoms. The standard InChI is InChI=1S/C15H18ClNO3/c1-10-8-11(5-6-13(10)16)14(18)17-7-3-4-12(9-17)15(19)20-2/h5-6,8,12H,3-4,7,9H2,1-2H3. The van der Waals surface area contributed by atoms with Crippen LogP contribution in [0.1, 0.15) is 28.8 Å². The first kappa shape index (κ1) is 14.9. The van der Waals surface area contributed by atoms with E-state index >= 15 is 0 Å². The van der Waals surface area contributed by atoms with Crippen LogP contribution in [0.4, 0.5) is 0 Å². The molecule has 0 aliphatic carbocycles. The second kappa shape index (κ2) is 6.27. The van der Waals surface area contributed by atoms with Crippen molar-refractivity contribution in [3.05, 3.63) is 34.3 Å². The minimum atomic E-state index is -0.241. The summed E-state index contributed by atoms with van der Waals surface area (Å²) in [5.41, 5.74) is 1.48. The van der Waals surface area contributed by atoms with E-state index < -0.39 is 0 Å². The van der Waals surface area contributed by atoms with Crippen molar-refractivity contribution in [2.45, 2.75) is 19.8 Å². The van der Waals surface area contributed by atoms with E-state index in [1.165, 1.54) is 7.11 Å². The van der Waals surface area contributed by atoms with Crippen molar-refractivity contribution < 1.29 is 14.3 Å². The Labute approximate surface area is 123 Å². The van der Waals surface area contributed by atoms with Crippen LogP contribution < -0.4 is 0 Å². The van der Waals surface area contributed by atoms with Gasteiger partial charge in [0.1, 0.15) is 0 Å². The summed E-state index contributed by atoms with van der Waals surface area (Å²) >= 11 is 5.97. The fourth-order valence-corrected chi connectivity index (χ4v) is 2.60. The van der Waals surface area contributed by atoms with E-state index in [1.807, 2.05) is 6.92 Å². The van der Waals surface area contributed by atoms with Crippen LogP contribution in [0.5, 0.6) is 0 Å². The number of likely N-dealkylation sites (tertiary alicyclic amines) is 1. The van der Waals surface area contributed by atoms with Crippen LogP contribution >= 0.6 is 11.6 Å². The van der Waals surface area contributed by atoms with E-state index in [1.54, 1.807) is 23.1 Å². The van der Waals surface area contributed by atoms with Gasteiger partial charge in [-0.2, -0.15) is 0 Å². The Balaban J connectivity index is 2.12. The molecule has 2 rings (SSSR count). The van der Waals surface area contributed by atoms with E-state index in [0.717, 1.165) is 18.4 Å². The highest BCUT2D eigenvalue weighted by Crippen LogP contribution is 2.22. The summed E-state index contributed by atoms with van der Waals surface area (Å²) in [5.74, 6) is -0.515. The Morgan fingerprint density at radius 1 is 1.40 bits per heavy atom. The molecule has 20 heavy (non-hydrogen) atoms. The third kappa shape index (κ3) is 3.12. The smallest absolute Gasteiger partial charge is 0.310 e. The molecule has 0 N–H and O–H groups in total. The van der Waals surface area contributed by atoms with E-state index in [2.05, 4.69) is 0 Å². The highest BCUT2D eigenvalue weighted by Gasteiger charge is 2.29. The molecular weight excluding hydrogens is 278 g/mol. The summed E-state index contributed by atoms with van der Waals surface area (Å²) in [5, 5.41) is 0.646. The predicted molar refractivity (Wildman–Crippen MR) is 76.8 cm³/mol. The molecule has 0 bridgehead atoms. The molecule has 1 atom stereocenters. The molecule has 1 fully saturated rings. The SMILES string of the molecule is COC(=O)C1CCCN(C(=O)c2ccc(Cl)c(C)c2)C1. The summed E-state index contributed by atoms with van der Waals surface area (Å²) in [7, 11) is 1.38. The lowest BCUT2D eigenvalue weighted by Crippen LogP contribution is -2.42. The number of carbonyl (C=O) groups is 2. The largest absolute Gasteiger partial charge is 0.469 e. The van der Waals surface area contributed by atoms with Gasteiger partial charge in [0, 0.05) is 23.7 Å². The lowest BCUT2D eigenvalue weighted by atomic mass is 9.97. The molecule has 0 spiro atoms. The number of halogens is 1. The number of methoxy groups -OCH3 is 1. The highest BCUT2D eigenvalue weighted by molar-refractivity contribution is 6.31. The van der Waals surface area contributed by atoms with Gasteiger partial charge in [-0.1, -0.05) is 11.6 Å². The molecule has 4 nitrogen and oxygen atoms in total. The average molecular weight is 296 g/mol. The molecule has 1 aliphatic rings. The number of ether oxygens (including phenoxy) is 1. The Morgan fingerprint density at radius 3 is 2.80 bits per heavy atom. The lowest BCUT2D eigenvalue weighted by Gasteiger charge is -2.31. The number of aryl methyl sites for hydroxylation is 1. The van der Waals surface area contributed by atoms with Crippen LogP contribution in [0.3, 0.4) is 0 Å². The van der Waals surface area contributed by atoms with Gasteiger partial charge in [-0.15, -0.1) is 0 Å². The topological polar surface area (TPSA) is 46.6 Å². The minimum absolute atomic E-state index is 0.0571. The summed E-state index contributed by atoms with van der Waals surface area (Å²) < 4.78 is 4.76. The van der Waals surface area contributed by atoms with Crippen LogP contribution in [0.25, 0.3) is 0 Å². The number of rotatable bonds is 2. The monoisotopic (exact) mass is 295 g/mol. The van der Waals surface area contributed by atoms with Gasteiger partial charge in [-0.25, -0.2) is 0 Å². The molecule has 1 aliphatic heterocycles. The molecule has 1 saturated heterocycles. The Kier molecular flexibility index (Phi) is 4.65. The number of esters is 1. The molecule has 1 amide bonds. The van der Waals surface area contributed by atoms with Crippen LogP contribution in [0.15, 0.2) is 18.2 Å². The van der Waals surface area contributed by atoms with Gasteiger partial charge in [0.25, 0.3) is 5.91 Å². The third-order valence-electron chi connectivity index (χ3n) is 3.65. The van der Waals surface area contributed by atoms with E-state index in [4.69, 9.17) is 16.3 Å². The fourth-order valence-electron chi connectivity index (χ4n) is 2.48. The zero-order chi connectivity index (χ0) is 14.7. The molecule has 0 aromatic heterocycles. The number of amides is 1. The van der Waals surface area contributed by atoms with Crippen molar-refractivity contribution in [3.63, 3.8) is 0 Å². The highest BCUT2D eigenvalue weighted by atomic mass is 35.5. The molecule has 1 unspecified atom stereocenters. The number of carbonyl (C=O) groups excluding carboxylic acids is 2. The Bertz CT molecular complexity index is 530. The maximum Gasteiger partial charge on any atom is 0.310 e. The zero-order valence-corrected chi connectivity index (χ0v) is 12.4. The quantitative estimate of drug-likeness (QED) is 0.788. The molecule has 0 saturated carbocycles. The van der Waals surface area contributed by atoms with Crippen LogP contribution in [0.2, 0.25) is 5.02 Å². The van der Waals surface area contributed by atoms with Gasteiger partial charge in [-0.05, 0) is 43.5 Å². The maximum absolute atomic E-state index is 12.5. The Morgan fingerprint density at radius 2 is 2.15 bits per heavy atom. The molecule has 0 radical (unpaired) electrons. The lowest BCUT2D eigenvalue weighted by molar-refractivity contribution is -0.146. The number of benzene rings is 1. The van der Waals surface area contributed by atoms with E-state index in [-0.39, 0.29) is 17.8 Å². The van der Waals surface area contributed by atoms with Gasteiger partial charge in [0.2, 0.25) is 0 Å². The Hall–Kier alpha value is -1.55. The number of hydrogen-bond donors (Lipinski definition) is 0. The normalized spacial score (nSPS) is 18.8. The summed E-state index contributed by atoms with van der Waals surface area (Å²) in [6.45, 7) is 2.97. The number of piperidine rings is 1.